The molecule has 1 N–H and O–H groups in total. The molecule has 0 rings (SSSR count). The third kappa shape index (κ3) is 7.64. The number of hydrogen-bond donors (Lipinski definition) is 1. The lowest BCUT2D eigenvalue weighted by Gasteiger charge is -2.22. The summed E-state index contributed by atoms with van der Waals surface area (Å²) in [4.78, 5) is 14.0. The highest BCUT2D eigenvalue weighted by molar-refractivity contribution is 5.68. The highest BCUT2D eigenvalue weighted by Gasteiger charge is 2.18. The van der Waals surface area contributed by atoms with Crippen molar-refractivity contribution in [3.05, 3.63) is 10.4 Å². The Labute approximate surface area is 89.6 Å². The molecule has 0 aromatic carbocycles. The second-order valence-electron chi connectivity index (χ2n) is 4.16. The molecule has 0 bridgehead atoms. The number of carbonyl (C=O) groups excluding carboxylic acids is 1. The van der Waals surface area contributed by atoms with Crippen molar-refractivity contribution in [1.29, 1.82) is 0 Å². The topological polar surface area (TPSA) is 87.1 Å². The highest BCUT2D eigenvalue weighted by Crippen LogP contribution is 2.07. The summed E-state index contributed by atoms with van der Waals surface area (Å²) >= 11 is 0. The summed E-state index contributed by atoms with van der Waals surface area (Å²) in [6.45, 7) is 7.52. The van der Waals surface area contributed by atoms with Crippen molar-refractivity contribution >= 4 is 6.09 Å². The molecule has 0 aromatic heterocycles. The van der Waals surface area contributed by atoms with E-state index in [0.717, 1.165) is 0 Å². The maximum atomic E-state index is 11.3. The lowest BCUT2D eigenvalue weighted by Crippen LogP contribution is -2.40. The minimum Gasteiger partial charge on any atom is -0.444 e. The van der Waals surface area contributed by atoms with Gasteiger partial charge in [0.1, 0.15) is 5.60 Å². The van der Waals surface area contributed by atoms with Gasteiger partial charge in [0.25, 0.3) is 0 Å². The van der Waals surface area contributed by atoms with E-state index < -0.39 is 11.7 Å². The van der Waals surface area contributed by atoms with E-state index in [4.69, 9.17) is 10.3 Å². The molecular weight excluding hydrogens is 196 g/mol. The Balaban J connectivity index is 4.07. The molecule has 0 saturated heterocycles. The van der Waals surface area contributed by atoms with E-state index in [2.05, 4.69) is 15.3 Å². The molecule has 0 spiro atoms. The van der Waals surface area contributed by atoms with Crippen LogP contribution in [0.15, 0.2) is 5.11 Å². The molecule has 6 nitrogen and oxygen atoms in total. The summed E-state index contributed by atoms with van der Waals surface area (Å²) in [6, 6.07) is -0.171. The minimum atomic E-state index is -0.513. The Morgan fingerprint density at radius 1 is 1.60 bits per heavy atom. The van der Waals surface area contributed by atoms with Crippen molar-refractivity contribution in [2.45, 2.75) is 45.8 Å². The van der Waals surface area contributed by atoms with Crippen molar-refractivity contribution in [3.8, 4) is 0 Å². The maximum absolute atomic E-state index is 11.3. The molecule has 0 aliphatic carbocycles. The molecule has 1 unspecified atom stereocenters. The molecule has 6 heteroatoms. The summed E-state index contributed by atoms with van der Waals surface area (Å²) in [5, 5.41) is 6.03. The standard InChI is InChI=1S/C9H18N4O2/c1-5-7(6-11-13-10)12-8(14)15-9(2,3)4/h7H,5-6H2,1-4H3,(H,12,14). The van der Waals surface area contributed by atoms with Gasteiger partial charge in [-0.2, -0.15) is 0 Å². The Morgan fingerprint density at radius 2 is 2.20 bits per heavy atom. The van der Waals surface area contributed by atoms with Crippen molar-refractivity contribution < 1.29 is 9.53 Å². The molecule has 0 aliphatic rings. The fraction of sp³-hybridized carbons (Fsp3) is 0.889. The van der Waals surface area contributed by atoms with Gasteiger partial charge in [0.05, 0.1) is 0 Å². The van der Waals surface area contributed by atoms with Gasteiger partial charge >= 0.3 is 6.09 Å². The van der Waals surface area contributed by atoms with Gasteiger partial charge in [-0.3, -0.25) is 0 Å². The summed E-state index contributed by atoms with van der Waals surface area (Å²) < 4.78 is 5.07. The van der Waals surface area contributed by atoms with E-state index in [1.807, 2.05) is 6.92 Å². The molecule has 0 saturated carbocycles. The average molecular weight is 214 g/mol. The number of hydrogen-bond acceptors (Lipinski definition) is 3. The van der Waals surface area contributed by atoms with Gasteiger partial charge in [-0.25, -0.2) is 4.79 Å². The fourth-order valence-electron chi connectivity index (χ4n) is 0.886. The fourth-order valence-corrected chi connectivity index (χ4v) is 0.886. The molecule has 86 valence electrons. The zero-order valence-corrected chi connectivity index (χ0v) is 9.65. The van der Waals surface area contributed by atoms with E-state index >= 15 is 0 Å². The van der Waals surface area contributed by atoms with Crippen molar-refractivity contribution in [2.24, 2.45) is 5.11 Å². The Bertz CT molecular complexity index is 253. The van der Waals surface area contributed by atoms with Gasteiger partial charge in [-0.05, 0) is 32.7 Å². The van der Waals surface area contributed by atoms with Crippen molar-refractivity contribution in [3.63, 3.8) is 0 Å². The van der Waals surface area contributed by atoms with Crippen LogP contribution < -0.4 is 5.32 Å². The summed E-state index contributed by atoms with van der Waals surface area (Å²) in [5.74, 6) is 0. The molecular formula is C9H18N4O2. The molecule has 1 amide bonds. The lowest BCUT2D eigenvalue weighted by atomic mass is 10.2. The predicted octanol–water partition coefficient (Wildman–Crippen LogP) is 2.60. The van der Waals surface area contributed by atoms with Gasteiger partial charge in [-0.15, -0.1) is 0 Å². The molecule has 0 radical (unpaired) electrons. The number of azide groups is 1. The molecule has 0 aromatic rings. The Hall–Kier alpha value is -1.42. The second-order valence-corrected chi connectivity index (χ2v) is 4.16. The number of amides is 1. The molecule has 0 aliphatic heterocycles. The van der Waals surface area contributed by atoms with Gasteiger partial charge in [-0.1, -0.05) is 12.0 Å². The normalized spacial score (nSPS) is 12.5. The van der Waals surface area contributed by atoms with Crippen LogP contribution in [0.3, 0.4) is 0 Å². The van der Waals surface area contributed by atoms with Crippen LogP contribution in [0.4, 0.5) is 4.79 Å². The van der Waals surface area contributed by atoms with Gasteiger partial charge in [0, 0.05) is 17.5 Å². The second kappa shape index (κ2) is 6.14. The smallest absolute Gasteiger partial charge is 0.407 e. The first-order valence-corrected chi connectivity index (χ1v) is 4.89. The molecule has 1 atom stereocenters. The van der Waals surface area contributed by atoms with Crippen LogP contribution in [0.2, 0.25) is 0 Å². The summed E-state index contributed by atoms with van der Waals surface area (Å²) in [5.41, 5.74) is 7.63. The van der Waals surface area contributed by atoms with Gasteiger partial charge in [0.2, 0.25) is 0 Å². The lowest BCUT2D eigenvalue weighted by molar-refractivity contribution is 0.0505. The van der Waals surface area contributed by atoms with E-state index in [9.17, 15) is 4.79 Å². The average Bonchev–Trinajstić information content (AvgIpc) is 2.09. The van der Waals surface area contributed by atoms with E-state index in [1.54, 1.807) is 20.8 Å². The van der Waals surface area contributed by atoms with E-state index in [-0.39, 0.29) is 12.6 Å². The summed E-state index contributed by atoms with van der Waals surface area (Å²) in [6.07, 6.45) is 0.209. The van der Waals surface area contributed by atoms with Gasteiger partial charge in [0.15, 0.2) is 0 Å². The number of ether oxygens (including phenoxy) is 1. The summed E-state index contributed by atoms with van der Waals surface area (Å²) in [7, 11) is 0. The van der Waals surface area contributed by atoms with Crippen molar-refractivity contribution in [2.75, 3.05) is 6.54 Å². The third-order valence-corrected chi connectivity index (χ3v) is 1.58. The number of carbonyl (C=O) groups is 1. The Morgan fingerprint density at radius 3 is 2.60 bits per heavy atom. The number of rotatable bonds is 4. The van der Waals surface area contributed by atoms with Crippen molar-refractivity contribution in [1.82, 2.24) is 5.32 Å². The molecule has 15 heavy (non-hydrogen) atoms. The third-order valence-electron chi connectivity index (χ3n) is 1.58. The monoisotopic (exact) mass is 214 g/mol. The minimum absolute atomic E-state index is 0.171. The van der Waals surface area contributed by atoms with Crippen LogP contribution in [0.25, 0.3) is 10.4 Å². The van der Waals surface area contributed by atoms with E-state index in [1.165, 1.54) is 0 Å². The van der Waals surface area contributed by atoms with Crippen LogP contribution >= 0.6 is 0 Å². The molecule has 0 fully saturated rings. The van der Waals surface area contributed by atoms with E-state index in [0.29, 0.717) is 6.42 Å². The van der Waals surface area contributed by atoms with Gasteiger partial charge < -0.3 is 10.1 Å². The number of alkyl carbamates (subject to hydrolysis) is 1. The quantitative estimate of drug-likeness (QED) is 0.443. The zero-order chi connectivity index (χ0) is 11.9. The number of nitrogens with one attached hydrogen (secondary N) is 1. The maximum Gasteiger partial charge on any atom is 0.407 e. The van der Waals surface area contributed by atoms with Crippen LogP contribution in [-0.2, 0) is 4.74 Å². The van der Waals surface area contributed by atoms with Crippen LogP contribution in [0.5, 0.6) is 0 Å². The molecule has 0 heterocycles. The SMILES string of the molecule is CCC(CN=[N+]=[N-])NC(=O)OC(C)(C)C. The Kier molecular flexibility index (Phi) is 5.56. The number of nitrogens with zero attached hydrogens (tertiary/aromatic N) is 3. The largest absolute Gasteiger partial charge is 0.444 e. The van der Waals surface area contributed by atoms with Crippen LogP contribution in [0.1, 0.15) is 34.1 Å². The van der Waals surface area contributed by atoms with Crippen LogP contribution in [-0.4, -0.2) is 24.3 Å². The first kappa shape index (κ1) is 13.6. The predicted molar refractivity (Wildman–Crippen MR) is 57.5 cm³/mol. The highest BCUT2D eigenvalue weighted by atomic mass is 16.6. The first-order valence-electron chi connectivity index (χ1n) is 4.89. The first-order chi connectivity index (χ1) is 6.89. The van der Waals surface area contributed by atoms with Crippen LogP contribution in [0, 0.1) is 0 Å². The zero-order valence-electron chi connectivity index (χ0n) is 9.65.